The molecule has 6 nitrogen and oxygen atoms in total. The van der Waals surface area contributed by atoms with Gasteiger partial charge in [0.15, 0.2) is 0 Å². The van der Waals surface area contributed by atoms with E-state index >= 15 is 0 Å². The third kappa shape index (κ3) is 11.8. The van der Waals surface area contributed by atoms with E-state index < -0.39 is 0 Å². The number of furan rings is 4. The molecule has 0 radical (unpaired) electrons. The number of halogens is 1. The number of rotatable bonds is 9. The molecule has 0 saturated heterocycles. The van der Waals surface area contributed by atoms with Crippen LogP contribution >= 0.6 is 15.9 Å². The van der Waals surface area contributed by atoms with E-state index in [2.05, 4.69) is 220 Å². The Morgan fingerprint density at radius 3 is 0.951 bits per heavy atom. The second kappa shape index (κ2) is 26.7. The van der Waals surface area contributed by atoms with E-state index in [9.17, 15) is 0 Å². The summed E-state index contributed by atoms with van der Waals surface area (Å²) in [5.41, 5.74) is 20.8. The van der Waals surface area contributed by atoms with E-state index in [0.29, 0.717) is 0 Å². The Morgan fingerprint density at radius 1 is 0.265 bits per heavy atom. The van der Waals surface area contributed by atoms with Crippen molar-refractivity contribution in [2.45, 2.75) is 98.3 Å². The molecule has 0 unspecified atom stereocenters. The highest BCUT2D eigenvalue weighted by Crippen LogP contribution is 2.61. The minimum atomic E-state index is 0. The molecule has 0 aliphatic heterocycles. The summed E-state index contributed by atoms with van der Waals surface area (Å²) in [6, 6.07) is 95.1. The average Bonchev–Trinajstić information content (AvgIpc) is 1.26. The number of anilines is 5. The van der Waals surface area contributed by atoms with Crippen LogP contribution in [0.3, 0.4) is 0 Å². The van der Waals surface area contributed by atoms with Gasteiger partial charge in [0, 0.05) is 100 Å². The molecule has 8 fully saturated rings. The number of nitrogens with zero attached hydrogens (tertiary/aromatic N) is 1. The quantitative estimate of drug-likeness (QED) is 0.155. The molecule has 7 heteroatoms. The smallest absolute Gasteiger partial charge is 0.137 e. The lowest BCUT2D eigenvalue weighted by atomic mass is 9.50. The van der Waals surface area contributed by atoms with E-state index in [0.717, 1.165) is 180 Å². The summed E-state index contributed by atoms with van der Waals surface area (Å²) in [6.07, 6.45) is 14.8. The van der Waals surface area contributed by atoms with Crippen molar-refractivity contribution in [3.63, 3.8) is 0 Å². The van der Waals surface area contributed by atoms with Crippen molar-refractivity contribution in [1.82, 2.24) is 0 Å². The van der Waals surface area contributed by atoms with Crippen molar-refractivity contribution in [1.29, 1.82) is 0 Å². The molecule has 508 valence electrons. The van der Waals surface area contributed by atoms with Gasteiger partial charge in [-0.2, -0.15) is 0 Å². The normalized spacial score (nSPS) is 21.9. The Kier molecular flexibility index (Phi) is 17.1. The zero-order valence-electron chi connectivity index (χ0n) is 55.2. The zero-order valence-corrected chi connectivity index (χ0v) is 56.8. The standard InChI is InChI=1S/C46H37NO2.C24H15NO2.C22H23Br.3CH4/c1-3-10-42-38(8-1)40-18-16-36(26-44(40)48-42)47(37-17-19-41-39-9-2-4-11-43(39)49-45(41)27-37)35-14-12-30(13-15-35)31-6-5-7-32(25-31)46-33-21-28-20-29(23-33)24-34(46)22-28;1-3-7-21-17(5-1)19-11-9-15(13-23(19)26-21)25-16-10-12-20-18-6-2-4-8-22(18)27-24(20)14-16;23-21-6-4-16(5-7-21)17-2-1-3-18(13-17)22-19-9-14-8-15(11-19)12-20(22)10-14;;;/h1-19,25-29,33-34,46H,20-24H2;1-14,25H;1-7,13-15,19-20,22H,8-12H2;3*1H4. The minimum Gasteiger partial charge on any atom is -0.456 e. The molecule has 8 aliphatic carbocycles. The van der Waals surface area contributed by atoms with Crippen LogP contribution < -0.4 is 10.2 Å². The molecule has 8 aliphatic rings. The minimum absolute atomic E-state index is 0. The van der Waals surface area contributed by atoms with E-state index in [1.165, 1.54) is 80.0 Å². The molecule has 4 aromatic heterocycles. The number of benzene rings is 12. The number of para-hydroxylation sites is 4. The van der Waals surface area contributed by atoms with Crippen molar-refractivity contribution < 1.29 is 17.7 Å². The fourth-order valence-electron chi connectivity index (χ4n) is 20.2. The Bertz CT molecular complexity index is 5470. The largest absolute Gasteiger partial charge is 0.456 e. The highest BCUT2D eigenvalue weighted by molar-refractivity contribution is 9.10. The molecule has 8 bridgehead atoms. The summed E-state index contributed by atoms with van der Waals surface area (Å²) in [5, 5.41) is 12.5. The predicted molar refractivity (Wildman–Crippen MR) is 431 cm³/mol. The lowest BCUT2D eigenvalue weighted by molar-refractivity contribution is -0.00282. The molecule has 1 N–H and O–H groups in total. The zero-order chi connectivity index (χ0) is 65.2. The highest BCUT2D eigenvalue weighted by Gasteiger charge is 2.50. The monoisotopic (exact) mass is 1400 g/mol. The highest BCUT2D eigenvalue weighted by atomic mass is 79.9. The van der Waals surface area contributed by atoms with Gasteiger partial charge < -0.3 is 27.9 Å². The van der Waals surface area contributed by atoms with Crippen LogP contribution in [0.1, 0.15) is 109 Å². The van der Waals surface area contributed by atoms with Crippen molar-refractivity contribution in [2.24, 2.45) is 47.3 Å². The predicted octanol–water partition coefficient (Wildman–Crippen LogP) is 29.0. The summed E-state index contributed by atoms with van der Waals surface area (Å²) in [5.74, 6) is 9.38. The first-order valence-electron chi connectivity index (χ1n) is 36.1. The van der Waals surface area contributed by atoms with Crippen LogP contribution in [-0.4, -0.2) is 0 Å². The summed E-state index contributed by atoms with van der Waals surface area (Å²) in [6.45, 7) is 0. The van der Waals surface area contributed by atoms with E-state index in [1.807, 2.05) is 72.8 Å². The van der Waals surface area contributed by atoms with Crippen molar-refractivity contribution in [2.75, 3.05) is 10.2 Å². The maximum absolute atomic E-state index is 6.35. The molecule has 102 heavy (non-hydrogen) atoms. The Labute approximate surface area is 606 Å². The Balaban J connectivity index is 0.000000123. The van der Waals surface area contributed by atoms with Crippen molar-refractivity contribution >= 4 is 132 Å². The summed E-state index contributed by atoms with van der Waals surface area (Å²) >= 11 is 3.54. The number of nitrogens with one attached hydrogen (secondary N) is 1. The van der Waals surface area contributed by atoms with Crippen LogP contribution in [-0.2, 0) is 0 Å². The van der Waals surface area contributed by atoms with Crippen LogP contribution in [0.2, 0.25) is 0 Å². The van der Waals surface area contributed by atoms with Crippen LogP contribution in [0.25, 0.3) is 110 Å². The molecular weight excluding hydrogens is 1310 g/mol. The third-order valence-electron chi connectivity index (χ3n) is 23.9. The molecular formula is C95H87BrN2O4. The number of hydrogen-bond acceptors (Lipinski definition) is 6. The first-order valence-corrected chi connectivity index (χ1v) is 36.9. The molecule has 12 aromatic carbocycles. The lowest BCUT2D eigenvalue weighted by Gasteiger charge is -2.54. The van der Waals surface area contributed by atoms with Crippen molar-refractivity contribution in [3.8, 4) is 22.3 Å². The molecule has 4 heterocycles. The van der Waals surface area contributed by atoms with Gasteiger partial charge in [0.1, 0.15) is 44.7 Å². The van der Waals surface area contributed by atoms with Crippen LogP contribution in [0.5, 0.6) is 0 Å². The van der Waals surface area contributed by atoms with Gasteiger partial charge in [-0.3, -0.25) is 0 Å². The molecule has 24 rings (SSSR count). The van der Waals surface area contributed by atoms with Gasteiger partial charge in [-0.15, -0.1) is 0 Å². The molecule has 16 aromatic rings. The second-order valence-electron chi connectivity index (χ2n) is 29.9. The summed E-state index contributed by atoms with van der Waals surface area (Å²) in [4.78, 5) is 2.31. The van der Waals surface area contributed by atoms with E-state index in [1.54, 1.807) is 17.5 Å². The number of fused-ring (bicyclic) bond motifs is 12. The SMILES string of the molecule is Brc1ccc(-c2cccc(C3C4CC5CC(C4)CC3C5)c2)cc1.C.C.C.c1cc(-c2ccc(N(c3ccc4c(c3)oc3ccccc34)c3ccc4c(c3)oc3ccccc34)cc2)cc(C2C3CC4CC(C3)CC2C4)c1.c1ccc2c(c1)oc1cc(Nc3ccc4c(c3)oc3ccccc34)ccc12. The van der Waals surface area contributed by atoms with Crippen LogP contribution in [0.15, 0.2) is 289 Å². The maximum atomic E-state index is 6.35. The average molecular weight is 1400 g/mol. The first-order chi connectivity index (χ1) is 48.8. The molecule has 8 saturated carbocycles. The lowest BCUT2D eigenvalue weighted by Crippen LogP contribution is -2.43. The Hall–Kier alpha value is -10.1. The van der Waals surface area contributed by atoms with Gasteiger partial charge in [-0.25, -0.2) is 0 Å². The van der Waals surface area contributed by atoms with Gasteiger partial charge in [-0.1, -0.05) is 184 Å². The fraction of sp³-hybridized carbons (Fsp3) is 0.242. The van der Waals surface area contributed by atoms with Gasteiger partial charge in [-0.05, 0) is 254 Å². The van der Waals surface area contributed by atoms with Gasteiger partial charge >= 0.3 is 0 Å². The first kappa shape index (κ1) is 65.2. The summed E-state index contributed by atoms with van der Waals surface area (Å²) < 4.78 is 25.8. The number of hydrogen-bond donors (Lipinski definition) is 1. The third-order valence-corrected chi connectivity index (χ3v) is 24.4. The second-order valence-corrected chi connectivity index (χ2v) is 30.8. The van der Waals surface area contributed by atoms with Gasteiger partial charge in [0.2, 0.25) is 0 Å². The van der Waals surface area contributed by atoms with E-state index in [4.69, 9.17) is 17.7 Å². The van der Waals surface area contributed by atoms with Gasteiger partial charge in [0.05, 0.1) is 0 Å². The fourth-order valence-corrected chi connectivity index (χ4v) is 20.4. The van der Waals surface area contributed by atoms with Crippen molar-refractivity contribution in [3.05, 3.63) is 283 Å². The topological polar surface area (TPSA) is 67.8 Å². The van der Waals surface area contributed by atoms with Crippen LogP contribution in [0.4, 0.5) is 28.4 Å². The molecule has 0 atom stereocenters. The molecule has 0 amide bonds. The summed E-state index contributed by atoms with van der Waals surface area (Å²) in [7, 11) is 0. The van der Waals surface area contributed by atoms with Crippen LogP contribution in [0, 0.1) is 47.3 Å². The maximum Gasteiger partial charge on any atom is 0.137 e. The van der Waals surface area contributed by atoms with Gasteiger partial charge in [0.25, 0.3) is 0 Å². The molecule has 0 spiro atoms. The van der Waals surface area contributed by atoms with E-state index in [-0.39, 0.29) is 22.3 Å². The Morgan fingerprint density at radius 2 is 0.578 bits per heavy atom.